The van der Waals surface area contributed by atoms with Crippen LogP contribution in [0.15, 0.2) is 84.4 Å². The number of carbonyl (C=O) groups is 5. The number of likely N-dealkylation sites (tertiary alicyclic amines) is 1. The van der Waals surface area contributed by atoms with E-state index in [9.17, 15) is 24.3 Å². The number of nitrogens with zero attached hydrogens (tertiary/aromatic N) is 2. The molecule has 6 atom stereocenters. The van der Waals surface area contributed by atoms with Gasteiger partial charge in [0.1, 0.15) is 0 Å². The van der Waals surface area contributed by atoms with E-state index < -0.39 is 64.7 Å². The van der Waals surface area contributed by atoms with Gasteiger partial charge < -0.3 is 15.6 Å². The number of fused-ring (bicyclic) bond motifs is 4. The number of methoxy groups -OCH3 is 1. The third kappa shape index (κ3) is 3.91. The Morgan fingerprint density at radius 1 is 0.956 bits per heavy atom. The van der Waals surface area contributed by atoms with E-state index in [-0.39, 0.29) is 24.3 Å². The molecular formula is C34H28ClN3O7. The summed E-state index contributed by atoms with van der Waals surface area (Å²) in [7, 11) is 1.42. The van der Waals surface area contributed by atoms with Crippen molar-refractivity contribution >= 4 is 46.9 Å². The number of hydrogen-bond donors (Lipinski definition) is 2. The zero-order valence-corrected chi connectivity index (χ0v) is 24.8. The molecule has 0 bridgehead atoms. The Kier molecular flexibility index (Phi) is 6.59. The fourth-order valence-electron chi connectivity index (χ4n) is 8.22. The van der Waals surface area contributed by atoms with Crippen LogP contribution in [0.25, 0.3) is 0 Å². The molecule has 4 aliphatic rings. The average Bonchev–Trinajstić information content (AvgIpc) is 3.42. The minimum absolute atomic E-state index is 0.0633. The first-order valence-corrected chi connectivity index (χ1v) is 14.9. The van der Waals surface area contributed by atoms with Crippen LogP contribution in [0.4, 0.5) is 10.5 Å². The maximum absolute atomic E-state index is 15.1. The Bertz CT molecular complexity index is 1840. The number of phenols is 1. The van der Waals surface area contributed by atoms with Gasteiger partial charge in [-0.15, -0.1) is 0 Å². The number of aromatic hydroxyl groups is 1. The van der Waals surface area contributed by atoms with Gasteiger partial charge in [-0.1, -0.05) is 65.7 Å². The summed E-state index contributed by atoms with van der Waals surface area (Å²) in [4.78, 5) is 70.4. The molecule has 11 heteroatoms. The van der Waals surface area contributed by atoms with Crippen molar-refractivity contribution in [3.8, 4) is 11.5 Å². The van der Waals surface area contributed by atoms with Gasteiger partial charge in [0.15, 0.2) is 11.5 Å². The second-order valence-corrected chi connectivity index (χ2v) is 12.3. The molecule has 2 saturated heterocycles. The summed E-state index contributed by atoms with van der Waals surface area (Å²) in [6, 6.07) is 19.2. The molecule has 3 aromatic rings. The van der Waals surface area contributed by atoms with Gasteiger partial charge in [-0.3, -0.25) is 19.2 Å². The Morgan fingerprint density at radius 2 is 1.71 bits per heavy atom. The van der Waals surface area contributed by atoms with E-state index in [1.807, 2.05) is 24.3 Å². The summed E-state index contributed by atoms with van der Waals surface area (Å²) in [5.41, 5.74) is 6.06. The van der Waals surface area contributed by atoms with Crippen LogP contribution < -0.4 is 15.4 Å². The van der Waals surface area contributed by atoms with Gasteiger partial charge in [0, 0.05) is 10.9 Å². The maximum Gasteiger partial charge on any atom is 0.328 e. The van der Waals surface area contributed by atoms with Crippen molar-refractivity contribution in [3.05, 3.63) is 101 Å². The van der Waals surface area contributed by atoms with Crippen LogP contribution in [0.3, 0.4) is 0 Å². The standard InChI is InChI=1S/C34H28ClN3O7/c1-45-26-13-10-17(14-25(26)39)28-21-11-12-22-27(31(42)38(29(22)40)33(36)44)23(21)16-24-30(41)37(20-9-5-8-19(35)15-20)32(43)34(24,28)18-6-3-2-4-7-18/h2-11,13-15,22-24,27-28,39H,12,16H2,1H3,(H2,36,44). The van der Waals surface area contributed by atoms with E-state index in [1.165, 1.54) is 13.2 Å². The maximum atomic E-state index is 15.1. The smallest absolute Gasteiger partial charge is 0.328 e. The number of benzene rings is 3. The summed E-state index contributed by atoms with van der Waals surface area (Å²) in [6.45, 7) is 0. The van der Waals surface area contributed by atoms with E-state index in [4.69, 9.17) is 22.1 Å². The van der Waals surface area contributed by atoms with Gasteiger partial charge in [0.25, 0.3) is 0 Å². The largest absolute Gasteiger partial charge is 0.504 e. The minimum Gasteiger partial charge on any atom is -0.504 e. The van der Waals surface area contributed by atoms with E-state index in [2.05, 4.69) is 0 Å². The van der Waals surface area contributed by atoms with E-state index in [1.54, 1.807) is 48.5 Å². The van der Waals surface area contributed by atoms with Crippen molar-refractivity contribution in [1.29, 1.82) is 0 Å². The van der Waals surface area contributed by atoms with E-state index >= 15 is 4.79 Å². The Morgan fingerprint density at radius 3 is 2.38 bits per heavy atom. The number of halogens is 1. The molecule has 3 N–H and O–H groups in total. The van der Waals surface area contributed by atoms with Gasteiger partial charge in [-0.05, 0) is 60.2 Å². The zero-order chi connectivity index (χ0) is 31.8. The second-order valence-electron chi connectivity index (χ2n) is 11.9. The van der Waals surface area contributed by atoms with Crippen molar-refractivity contribution in [2.45, 2.75) is 24.2 Å². The molecule has 3 fully saturated rings. The molecule has 0 radical (unpaired) electrons. The quantitative estimate of drug-likeness (QED) is 0.325. The molecular weight excluding hydrogens is 598 g/mol. The first-order valence-electron chi connectivity index (χ1n) is 14.5. The normalized spacial score (nSPS) is 28.8. The van der Waals surface area contributed by atoms with E-state index in [0.717, 1.165) is 4.90 Å². The second kappa shape index (κ2) is 10.3. The number of urea groups is 1. The molecule has 2 heterocycles. The van der Waals surface area contributed by atoms with Gasteiger partial charge in [0.2, 0.25) is 23.6 Å². The number of allylic oxidation sites excluding steroid dienone is 2. The van der Waals surface area contributed by atoms with Crippen molar-refractivity contribution in [2.24, 2.45) is 29.4 Å². The molecule has 0 aromatic heterocycles. The zero-order valence-electron chi connectivity index (χ0n) is 24.1. The first-order chi connectivity index (χ1) is 21.6. The number of rotatable bonds is 4. The molecule has 7 rings (SSSR count). The van der Waals surface area contributed by atoms with Crippen LogP contribution in [-0.2, 0) is 24.6 Å². The number of imide groups is 4. The first kappa shape index (κ1) is 28.8. The highest BCUT2D eigenvalue weighted by Crippen LogP contribution is 2.64. The molecule has 2 aliphatic heterocycles. The van der Waals surface area contributed by atoms with Gasteiger partial charge in [-0.2, -0.15) is 4.90 Å². The van der Waals surface area contributed by atoms with Crippen molar-refractivity contribution in [2.75, 3.05) is 12.0 Å². The number of phenolic OH excluding ortho intramolecular Hbond substituents is 1. The molecule has 6 amide bonds. The number of primary amides is 1. The monoisotopic (exact) mass is 625 g/mol. The number of hydrogen-bond acceptors (Lipinski definition) is 7. The summed E-state index contributed by atoms with van der Waals surface area (Å²) >= 11 is 6.31. The molecule has 45 heavy (non-hydrogen) atoms. The predicted octanol–water partition coefficient (Wildman–Crippen LogP) is 4.30. The lowest BCUT2D eigenvalue weighted by molar-refractivity contribution is -0.136. The Balaban J connectivity index is 1.51. The third-order valence-corrected chi connectivity index (χ3v) is 10.2. The minimum atomic E-state index is -1.49. The molecule has 6 unspecified atom stereocenters. The van der Waals surface area contributed by atoms with Gasteiger partial charge >= 0.3 is 6.03 Å². The van der Waals surface area contributed by atoms with Crippen LogP contribution in [0, 0.1) is 23.7 Å². The van der Waals surface area contributed by atoms with Crippen molar-refractivity contribution < 1.29 is 33.8 Å². The molecule has 2 aliphatic carbocycles. The van der Waals surface area contributed by atoms with Crippen LogP contribution in [-0.4, -0.2) is 46.8 Å². The fraction of sp³-hybridized carbons (Fsp3) is 0.265. The van der Waals surface area contributed by atoms with Gasteiger partial charge in [-0.25, -0.2) is 9.69 Å². The summed E-state index contributed by atoms with van der Waals surface area (Å²) in [5, 5.41) is 11.3. The highest BCUT2D eigenvalue weighted by molar-refractivity contribution is 6.32. The van der Waals surface area contributed by atoms with Crippen LogP contribution in [0.1, 0.15) is 29.9 Å². The van der Waals surface area contributed by atoms with Gasteiger partial charge in [0.05, 0.1) is 36.0 Å². The number of anilines is 1. The highest BCUT2D eigenvalue weighted by atomic mass is 35.5. The number of carbonyl (C=O) groups excluding carboxylic acids is 5. The summed E-state index contributed by atoms with van der Waals surface area (Å²) < 4.78 is 5.29. The summed E-state index contributed by atoms with van der Waals surface area (Å²) in [6.07, 6.45) is 2.06. The lowest BCUT2D eigenvalue weighted by atomic mass is 9.49. The third-order valence-electron chi connectivity index (χ3n) is 9.92. The van der Waals surface area contributed by atoms with Crippen LogP contribution >= 0.6 is 11.6 Å². The Labute approximate surface area is 263 Å². The molecule has 228 valence electrons. The number of nitrogens with two attached hydrogens (primary N) is 1. The molecule has 10 nitrogen and oxygen atoms in total. The number of amides is 6. The van der Waals surface area contributed by atoms with Crippen LogP contribution in [0.5, 0.6) is 11.5 Å². The van der Waals surface area contributed by atoms with Crippen molar-refractivity contribution in [1.82, 2.24) is 4.90 Å². The lowest BCUT2D eigenvalue weighted by Gasteiger charge is -2.50. The fourth-order valence-corrected chi connectivity index (χ4v) is 8.41. The SMILES string of the molecule is COc1ccc(C2C3=CCC4C(=O)N(C(N)=O)C(=O)C4C3CC3C(=O)N(c4cccc(Cl)c4)C(=O)C32c2ccccc2)cc1O. The highest BCUT2D eigenvalue weighted by Gasteiger charge is 2.70. The lowest BCUT2D eigenvalue weighted by Crippen LogP contribution is -2.53. The Hall–Kier alpha value is -4.96. The van der Waals surface area contributed by atoms with Crippen molar-refractivity contribution in [3.63, 3.8) is 0 Å². The van der Waals surface area contributed by atoms with Crippen LogP contribution in [0.2, 0.25) is 5.02 Å². The predicted molar refractivity (Wildman–Crippen MR) is 162 cm³/mol. The topological polar surface area (TPSA) is 147 Å². The average molecular weight is 626 g/mol. The summed E-state index contributed by atoms with van der Waals surface area (Å²) in [5.74, 6) is -6.53. The molecule has 1 saturated carbocycles. The number of ether oxygens (including phenoxy) is 1. The van der Waals surface area contributed by atoms with E-state index in [0.29, 0.717) is 32.3 Å². The molecule has 3 aromatic carbocycles. The molecule has 0 spiro atoms.